The van der Waals surface area contributed by atoms with Gasteiger partial charge in [-0.2, -0.15) is 0 Å². The predicted octanol–water partition coefficient (Wildman–Crippen LogP) is 2.58. The van der Waals surface area contributed by atoms with Crippen LogP contribution in [0.4, 0.5) is 0 Å². The van der Waals surface area contributed by atoms with E-state index in [-0.39, 0.29) is 6.04 Å². The van der Waals surface area contributed by atoms with Gasteiger partial charge in [0.25, 0.3) is 0 Å². The molecule has 0 aliphatic heterocycles. The molecule has 0 aromatic heterocycles. The molecule has 0 spiro atoms. The monoisotopic (exact) mass is 316 g/mol. The molecule has 0 radical (unpaired) electrons. The summed E-state index contributed by atoms with van der Waals surface area (Å²) in [6.45, 7) is 8.30. The largest absolute Gasteiger partial charge is 0.380 e. The van der Waals surface area contributed by atoms with E-state index in [1.165, 1.54) is 38.5 Å². The normalized spacial score (nSPS) is 14.0. The van der Waals surface area contributed by atoms with Gasteiger partial charge in [0.2, 0.25) is 0 Å². The fourth-order valence-electron chi connectivity index (χ4n) is 2.10. The Morgan fingerprint density at radius 2 is 1.68 bits per heavy atom. The van der Waals surface area contributed by atoms with Gasteiger partial charge in [0.05, 0.1) is 25.9 Å². The molecule has 0 aromatic rings. The van der Waals surface area contributed by atoms with Crippen molar-refractivity contribution in [3.63, 3.8) is 0 Å². The molecule has 0 aliphatic rings. The molecule has 0 heterocycles. The van der Waals surface area contributed by atoms with Crippen LogP contribution in [0.5, 0.6) is 0 Å². The van der Waals surface area contributed by atoms with Crippen LogP contribution in [-0.4, -0.2) is 45.3 Å². The van der Waals surface area contributed by atoms with Crippen molar-refractivity contribution in [1.82, 2.24) is 0 Å². The first-order valence-electron chi connectivity index (χ1n) is 8.63. The number of rotatable bonds is 17. The second kappa shape index (κ2) is 16.9. The number of hydrogen-bond donors (Lipinski definition) is 2. The van der Waals surface area contributed by atoms with Crippen molar-refractivity contribution in [3.05, 3.63) is 12.7 Å². The predicted molar refractivity (Wildman–Crippen MR) is 91.7 cm³/mol. The van der Waals surface area contributed by atoms with E-state index in [1.807, 2.05) is 0 Å². The maximum absolute atomic E-state index is 6.05. The first-order chi connectivity index (χ1) is 10.8. The SMILES string of the molecule is C=CCO[C@@H](OCCN)C(N)COCCCCCCCCC. The maximum atomic E-state index is 6.05. The second-order valence-corrected chi connectivity index (χ2v) is 5.51. The first-order valence-corrected chi connectivity index (χ1v) is 8.63. The minimum atomic E-state index is -0.490. The van der Waals surface area contributed by atoms with Crippen LogP contribution in [0.15, 0.2) is 12.7 Å². The topological polar surface area (TPSA) is 79.7 Å². The summed E-state index contributed by atoms with van der Waals surface area (Å²) < 4.78 is 16.6. The third-order valence-corrected chi connectivity index (χ3v) is 3.33. The van der Waals surface area contributed by atoms with Crippen molar-refractivity contribution in [2.24, 2.45) is 11.5 Å². The van der Waals surface area contributed by atoms with Crippen LogP contribution in [0.1, 0.15) is 51.9 Å². The average molecular weight is 316 g/mol. The summed E-state index contributed by atoms with van der Waals surface area (Å²) in [5.74, 6) is 0. The van der Waals surface area contributed by atoms with Crippen molar-refractivity contribution >= 4 is 0 Å². The smallest absolute Gasteiger partial charge is 0.175 e. The summed E-state index contributed by atoms with van der Waals surface area (Å²) >= 11 is 0. The van der Waals surface area contributed by atoms with Crippen LogP contribution in [0.2, 0.25) is 0 Å². The van der Waals surface area contributed by atoms with Gasteiger partial charge in [0.15, 0.2) is 6.29 Å². The van der Waals surface area contributed by atoms with Gasteiger partial charge in [-0.15, -0.1) is 6.58 Å². The zero-order valence-corrected chi connectivity index (χ0v) is 14.3. The van der Waals surface area contributed by atoms with E-state index in [0.717, 1.165) is 13.0 Å². The molecule has 2 atom stereocenters. The van der Waals surface area contributed by atoms with Gasteiger partial charge in [-0.3, -0.25) is 0 Å². The van der Waals surface area contributed by atoms with Crippen LogP contribution in [0.25, 0.3) is 0 Å². The Morgan fingerprint density at radius 3 is 2.32 bits per heavy atom. The first kappa shape index (κ1) is 21.5. The van der Waals surface area contributed by atoms with Gasteiger partial charge in [-0.05, 0) is 6.42 Å². The molecule has 0 aromatic carbocycles. The summed E-state index contributed by atoms with van der Waals surface area (Å²) in [5, 5.41) is 0. The molecule has 0 amide bonds. The van der Waals surface area contributed by atoms with E-state index in [9.17, 15) is 0 Å². The Hall–Kier alpha value is -0.460. The lowest BCUT2D eigenvalue weighted by Gasteiger charge is -2.23. The third kappa shape index (κ3) is 13.2. The van der Waals surface area contributed by atoms with E-state index < -0.39 is 6.29 Å². The maximum Gasteiger partial charge on any atom is 0.175 e. The molecule has 0 rings (SSSR count). The van der Waals surface area contributed by atoms with E-state index in [0.29, 0.717) is 26.4 Å². The quantitative estimate of drug-likeness (QED) is 0.245. The van der Waals surface area contributed by atoms with Gasteiger partial charge in [0.1, 0.15) is 0 Å². The molecular formula is C17H36N2O3. The van der Waals surface area contributed by atoms with Gasteiger partial charge >= 0.3 is 0 Å². The number of nitrogens with two attached hydrogens (primary N) is 2. The van der Waals surface area contributed by atoms with Crippen molar-refractivity contribution in [2.45, 2.75) is 64.2 Å². The standard InChI is InChI=1S/C17H36N2O3/c1-3-5-6-7-8-9-10-13-20-15-16(19)17(21-12-4-2)22-14-11-18/h4,16-17H,2-3,5-15,18-19H2,1H3/t16?,17-/m0/s1. The summed E-state index contributed by atoms with van der Waals surface area (Å²) in [6.07, 6.45) is 10.1. The molecule has 1 unspecified atom stereocenters. The lowest BCUT2D eigenvalue weighted by Crippen LogP contribution is -2.43. The molecule has 5 nitrogen and oxygen atoms in total. The summed E-state index contributed by atoms with van der Waals surface area (Å²) in [5.41, 5.74) is 11.5. The van der Waals surface area contributed by atoms with Gasteiger partial charge < -0.3 is 25.7 Å². The van der Waals surface area contributed by atoms with E-state index >= 15 is 0 Å². The van der Waals surface area contributed by atoms with Gasteiger partial charge in [0, 0.05) is 13.2 Å². The van der Waals surface area contributed by atoms with Crippen LogP contribution in [-0.2, 0) is 14.2 Å². The van der Waals surface area contributed by atoms with Crippen molar-refractivity contribution in [2.75, 3.05) is 33.0 Å². The lowest BCUT2D eigenvalue weighted by atomic mass is 10.1. The molecule has 0 saturated heterocycles. The summed E-state index contributed by atoms with van der Waals surface area (Å²) in [6, 6.07) is -0.309. The Labute approximate surface area is 136 Å². The van der Waals surface area contributed by atoms with E-state index in [1.54, 1.807) is 6.08 Å². The molecule has 0 fully saturated rings. The van der Waals surface area contributed by atoms with Crippen molar-refractivity contribution < 1.29 is 14.2 Å². The van der Waals surface area contributed by atoms with E-state index in [2.05, 4.69) is 13.5 Å². The highest BCUT2D eigenvalue weighted by Crippen LogP contribution is 2.07. The minimum absolute atomic E-state index is 0.309. The van der Waals surface area contributed by atoms with Gasteiger partial charge in [-0.25, -0.2) is 0 Å². The van der Waals surface area contributed by atoms with Crippen LogP contribution >= 0.6 is 0 Å². The molecule has 22 heavy (non-hydrogen) atoms. The molecule has 132 valence electrons. The summed E-state index contributed by atoms with van der Waals surface area (Å²) in [4.78, 5) is 0. The Kier molecular flexibility index (Phi) is 16.5. The average Bonchev–Trinajstić information content (AvgIpc) is 2.53. The number of unbranched alkanes of at least 4 members (excludes halogenated alkanes) is 6. The fourth-order valence-corrected chi connectivity index (χ4v) is 2.10. The third-order valence-electron chi connectivity index (χ3n) is 3.33. The zero-order valence-electron chi connectivity index (χ0n) is 14.3. The Bertz CT molecular complexity index is 240. The van der Waals surface area contributed by atoms with E-state index in [4.69, 9.17) is 25.7 Å². The minimum Gasteiger partial charge on any atom is -0.380 e. The Morgan fingerprint density at radius 1 is 1.00 bits per heavy atom. The van der Waals surface area contributed by atoms with Crippen molar-refractivity contribution in [1.29, 1.82) is 0 Å². The van der Waals surface area contributed by atoms with Crippen LogP contribution < -0.4 is 11.5 Å². The molecule has 4 N–H and O–H groups in total. The second-order valence-electron chi connectivity index (χ2n) is 5.51. The number of ether oxygens (including phenoxy) is 3. The fraction of sp³-hybridized carbons (Fsp3) is 0.882. The van der Waals surface area contributed by atoms with Crippen LogP contribution in [0.3, 0.4) is 0 Å². The highest BCUT2D eigenvalue weighted by molar-refractivity contribution is 4.70. The number of hydrogen-bond acceptors (Lipinski definition) is 5. The zero-order chi connectivity index (χ0) is 16.5. The van der Waals surface area contributed by atoms with Crippen LogP contribution in [0, 0.1) is 0 Å². The molecule has 0 bridgehead atoms. The van der Waals surface area contributed by atoms with Gasteiger partial charge in [-0.1, -0.05) is 51.5 Å². The highest BCUT2D eigenvalue weighted by atomic mass is 16.7. The molecular weight excluding hydrogens is 280 g/mol. The summed E-state index contributed by atoms with van der Waals surface area (Å²) in [7, 11) is 0. The molecule has 0 saturated carbocycles. The lowest BCUT2D eigenvalue weighted by molar-refractivity contribution is -0.153. The van der Waals surface area contributed by atoms with Crippen molar-refractivity contribution in [3.8, 4) is 0 Å². The highest BCUT2D eigenvalue weighted by Gasteiger charge is 2.18. The molecule has 5 heteroatoms. The molecule has 0 aliphatic carbocycles. The Balaban J connectivity index is 3.61.